The zero-order chi connectivity index (χ0) is 24.2. The molecular formula is C20H22F5N5O2S. The number of aromatic nitrogens is 3. The van der Waals surface area contributed by atoms with E-state index in [1.807, 2.05) is 0 Å². The Hall–Kier alpha value is -2.57. The van der Waals surface area contributed by atoms with Crippen molar-refractivity contribution in [2.24, 2.45) is 5.92 Å². The minimum Gasteiger partial charge on any atom is -0.320 e. The van der Waals surface area contributed by atoms with E-state index in [2.05, 4.69) is 15.4 Å². The summed E-state index contributed by atoms with van der Waals surface area (Å²) in [6.07, 6.45) is -2.27. The molecule has 0 aromatic carbocycles. The lowest BCUT2D eigenvalue weighted by Crippen LogP contribution is -2.24. The number of rotatable bonds is 6. The highest BCUT2D eigenvalue weighted by Crippen LogP contribution is 2.47. The van der Waals surface area contributed by atoms with Crippen LogP contribution in [0.5, 0.6) is 0 Å². The molecule has 0 aliphatic heterocycles. The fourth-order valence-electron chi connectivity index (χ4n) is 4.10. The lowest BCUT2D eigenvalue weighted by Gasteiger charge is -2.15. The molecule has 33 heavy (non-hydrogen) atoms. The van der Waals surface area contributed by atoms with Crippen LogP contribution < -0.4 is 5.32 Å². The van der Waals surface area contributed by atoms with E-state index in [0.717, 1.165) is 17.0 Å². The fraction of sp³-hybridized carbons (Fsp3) is 0.550. The summed E-state index contributed by atoms with van der Waals surface area (Å²) in [5.41, 5.74) is -2.12. The normalized spacial score (nSPS) is 22.2. The van der Waals surface area contributed by atoms with Gasteiger partial charge in [0.05, 0.1) is 15.4 Å². The van der Waals surface area contributed by atoms with Crippen molar-refractivity contribution in [1.82, 2.24) is 14.8 Å². The zero-order valence-electron chi connectivity index (χ0n) is 17.6. The van der Waals surface area contributed by atoms with E-state index in [-0.39, 0.29) is 35.8 Å². The molecule has 2 heterocycles. The summed E-state index contributed by atoms with van der Waals surface area (Å²) >= 11 is 0. The van der Waals surface area contributed by atoms with E-state index >= 15 is 0 Å². The predicted molar refractivity (Wildman–Crippen MR) is 109 cm³/mol. The number of carbonyl (C=O) groups is 1. The number of nitrogens with one attached hydrogen (secondary N) is 2. The molecule has 2 aromatic heterocycles. The number of alkyl halides is 5. The SMILES string of the molecule is C[S@](=N)(=O)c1cc(NC(=O)c2c(C(F)(F)F)c(C3CC3)nn2C[C@H]2CCC(F)(F)C2)ccn1. The van der Waals surface area contributed by atoms with Crippen LogP contribution in [-0.2, 0) is 22.5 Å². The summed E-state index contributed by atoms with van der Waals surface area (Å²) in [5, 5.41) is 6.27. The molecule has 2 N–H and O–H groups in total. The first kappa shape index (κ1) is 23.6. The van der Waals surface area contributed by atoms with Gasteiger partial charge in [0.15, 0.2) is 0 Å². The number of hydrogen-bond acceptors (Lipinski definition) is 5. The summed E-state index contributed by atoms with van der Waals surface area (Å²) in [4.78, 5) is 16.9. The minimum absolute atomic E-state index is 0.00747. The van der Waals surface area contributed by atoms with Crippen LogP contribution in [0, 0.1) is 10.7 Å². The van der Waals surface area contributed by atoms with Gasteiger partial charge in [-0.15, -0.1) is 0 Å². The molecule has 180 valence electrons. The Kier molecular flexibility index (Phi) is 5.74. The molecule has 0 saturated heterocycles. The highest BCUT2D eigenvalue weighted by Gasteiger charge is 2.47. The smallest absolute Gasteiger partial charge is 0.320 e. The lowest BCUT2D eigenvalue weighted by atomic mass is 10.1. The van der Waals surface area contributed by atoms with E-state index in [4.69, 9.17) is 4.78 Å². The summed E-state index contributed by atoms with van der Waals surface area (Å²) in [5.74, 6) is -5.04. The average molecular weight is 491 g/mol. The van der Waals surface area contributed by atoms with Crippen LogP contribution in [0.2, 0.25) is 0 Å². The first-order valence-electron chi connectivity index (χ1n) is 10.3. The van der Waals surface area contributed by atoms with Gasteiger partial charge in [0, 0.05) is 43.4 Å². The quantitative estimate of drug-likeness (QED) is 0.562. The molecule has 2 aliphatic carbocycles. The summed E-state index contributed by atoms with van der Waals surface area (Å²) in [6, 6.07) is 2.44. The lowest BCUT2D eigenvalue weighted by molar-refractivity contribution is -0.138. The predicted octanol–water partition coefficient (Wildman–Crippen LogP) is 4.90. The van der Waals surface area contributed by atoms with Gasteiger partial charge in [-0.1, -0.05) is 0 Å². The molecule has 2 saturated carbocycles. The first-order valence-corrected chi connectivity index (χ1v) is 12.3. The summed E-state index contributed by atoms with van der Waals surface area (Å²) in [6.45, 7) is -0.231. The number of anilines is 1. The number of carbonyl (C=O) groups excluding carboxylic acids is 1. The van der Waals surface area contributed by atoms with Crippen molar-refractivity contribution in [2.45, 2.75) is 61.7 Å². The van der Waals surface area contributed by atoms with Crippen molar-refractivity contribution in [1.29, 1.82) is 4.78 Å². The van der Waals surface area contributed by atoms with Crippen molar-refractivity contribution in [3.05, 3.63) is 35.3 Å². The van der Waals surface area contributed by atoms with Gasteiger partial charge >= 0.3 is 6.18 Å². The van der Waals surface area contributed by atoms with Crippen molar-refractivity contribution in [3.63, 3.8) is 0 Å². The van der Waals surface area contributed by atoms with Crippen LogP contribution in [-0.4, -0.2) is 37.1 Å². The van der Waals surface area contributed by atoms with E-state index in [1.165, 1.54) is 12.3 Å². The molecule has 2 aromatic rings. The largest absolute Gasteiger partial charge is 0.420 e. The Morgan fingerprint density at radius 1 is 1.33 bits per heavy atom. The van der Waals surface area contributed by atoms with Gasteiger partial charge in [-0.2, -0.15) is 18.3 Å². The standard InChI is InChI=1S/C20H22F5N5O2S/c1-33(26,32)14-8-13(5-7-27-14)28-18(31)17-15(20(23,24)25)16(12-2-3-12)29-30(17)10-11-4-6-19(21,22)9-11/h5,7-8,11-12,26H,2-4,6,9-10H2,1H3,(H,27,28,31)/t11-,33-/m0/s1. The Morgan fingerprint density at radius 2 is 2.03 bits per heavy atom. The van der Waals surface area contributed by atoms with Gasteiger partial charge in [0.2, 0.25) is 5.92 Å². The fourth-order valence-corrected chi connectivity index (χ4v) is 4.71. The minimum atomic E-state index is -4.87. The molecule has 0 bridgehead atoms. The molecule has 0 spiro atoms. The van der Waals surface area contributed by atoms with Crippen LogP contribution in [0.4, 0.5) is 27.6 Å². The van der Waals surface area contributed by atoms with Crippen LogP contribution in [0.25, 0.3) is 0 Å². The maximum atomic E-state index is 14.0. The molecule has 2 atom stereocenters. The van der Waals surface area contributed by atoms with Crippen LogP contribution in [0.1, 0.15) is 59.8 Å². The number of hydrogen-bond donors (Lipinski definition) is 2. The van der Waals surface area contributed by atoms with Crippen LogP contribution >= 0.6 is 0 Å². The molecule has 2 aliphatic rings. The second-order valence-corrected chi connectivity index (χ2v) is 10.8. The Bertz CT molecular complexity index is 1190. The Morgan fingerprint density at radius 3 is 2.58 bits per heavy atom. The van der Waals surface area contributed by atoms with Gasteiger partial charge in [-0.05, 0) is 37.3 Å². The second kappa shape index (κ2) is 8.03. The van der Waals surface area contributed by atoms with Crippen molar-refractivity contribution >= 4 is 21.3 Å². The first-order chi connectivity index (χ1) is 15.2. The zero-order valence-corrected chi connectivity index (χ0v) is 18.4. The van der Waals surface area contributed by atoms with Gasteiger partial charge in [-0.25, -0.2) is 22.8 Å². The highest BCUT2D eigenvalue weighted by molar-refractivity contribution is 7.91. The maximum Gasteiger partial charge on any atom is 0.420 e. The summed E-state index contributed by atoms with van der Waals surface area (Å²) in [7, 11) is -3.22. The second-order valence-electron chi connectivity index (χ2n) is 8.71. The molecule has 13 heteroatoms. The van der Waals surface area contributed by atoms with Crippen LogP contribution in [0.3, 0.4) is 0 Å². The monoisotopic (exact) mass is 491 g/mol. The highest BCUT2D eigenvalue weighted by atomic mass is 32.2. The van der Waals surface area contributed by atoms with Crippen LogP contribution in [0.15, 0.2) is 23.4 Å². The Balaban J connectivity index is 1.73. The molecule has 7 nitrogen and oxygen atoms in total. The summed E-state index contributed by atoms with van der Waals surface area (Å²) < 4.78 is 89.9. The topological polar surface area (TPSA) is 101 Å². The molecule has 0 radical (unpaired) electrons. The number of pyridine rings is 1. The third-order valence-corrected chi connectivity index (χ3v) is 6.79. The molecular weight excluding hydrogens is 469 g/mol. The molecule has 1 amide bonds. The van der Waals surface area contributed by atoms with E-state index < -0.39 is 57.2 Å². The van der Waals surface area contributed by atoms with Crippen molar-refractivity contribution < 1.29 is 31.0 Å². The maximum absolute atomic E-state index is 14.0. The van der Waals surface area contributed by atoms with E-state index in [1.54, 1.807) is 0 Å². The Labute approximate surface area is 186 Å². The molecule has 0 unspecified atom stereocenters. The third kappa shape index (κ3) is 5.17. The molecule has 4 rings (SSSR count). The number of halogens is 5. The van der Waals surface area contributed by atoms with Gasteiger partial charge in [0.1, 0.15) is 16.3 Å². The van der Waals surface area contributed by atoms with Gasteiger partial charge in [-0.3, -0.25) is 9.48 Å². The van der Waals surface area contributed by atoms with Gasteiger partial charge in [0.25, 0.3) is 5.91 Å². The molecule has 2 fully saturated rings. The average Bonchev–Trinajstić information content (AvgIpc) is 3.37. The van der Waals surface area contributed by atoms with E-state index in [0.29, 0.717) is 12.8 Å². The van der Waals surface area contributed by atoms with Crippen molar-refractivity contribution in [2.75, 3.05) is 11.6 Å². The van der Waals surface area contributed by atoms with Crippen molar-refractivity contribution in [3.8, 4) is 0 Å². The van der Waals surface area contributed by atoms with E-state index in [9.17, 15) is 31.0 Å². The number of nitrogens with zero attached hydrogens (tertiary/aromatic N) is 3. The van der Waals surface area contributed by atoms with Gasteiger partial charge < -0.3 is 5.32 Å². The third-order valence-electron chi connectivity index (χ3n) is 5.77. The number of amides is 1.